The molecule has 2 N–H and O–H groups in total. The van der Waals surface area contributed by atoms with Gasteiger partial charge in [0.25, 0.3) is 11.8 Å². The van der Waals surface area contributed by atoms with Crippen molar-refractivity contribution >= 4 is 44.5 Å². The number of ether oxygens (including phenoxy) is 1. The third-order valence-corrected chi connectivity index (χ3v) is 8.94. The summed E-state index contributed by atoms with van der Waals surface area (Å²) in [6.07, 6.45) is 2.11. The van der Waals surface area contributed by atoms with Crippen LogP contribution in [0.1, 0.15) is 56.2 Å². The third kappa shape index (κ3) is 7.57. The van der Waals surface area contributed by atoms with Gasteiger partial charge in [0.05, 0.1) is 34.0 Å². The lowest BCUT2D eigenvalue weighted by Gasteiger charge is -2.26. The Morgan fingerprint density at radius 2 is 1.77 bits per heavy atom. The molecule has 246 valence electrons. The number of benzene rings is 1. The fraction of sp³-hybridized carbons (Fsp3) is 0.353. The maximum absolute atomic E-state index is 13.5. The zero-order valence-corrected chi connectivity index (χ0v) is 28.2. The number of hydrogen-bond donors (Lipinski definition) is 2. The van der Waals surface area contributed by atoms with E-state index in [1.54, 1.807) is 75.2 Å². The van der Waals surface area contributed by atoms with E-state index in [-0.39, 0.29) is 22.9 Å². The number of anilines is 1. The molecular weight excluding hydrogens is 620 g/mol. The third-order valence-electron chi connectivity index (χ3n) is 7.70. The van der Waals surface area contributed by atoms with Crippen LogP contribution >= 0.6 is 0 Å². The minimum absolute atomic E-state index is 0.0991. The number of amides is 3. The first-order chi connectivity index (χ1) is 21.9. The predicted molar refractivity (Wildman–Crippen MR) is 178 cm³/mol. The summed E-state index contributed by atoms with van der Waals surface area (Å²) in [7, 11) is -3.48. The van der Waals surface area contributed by atoms with Gasteiger partial charge in [-0.25, -0.2) is 23.2 Å². The molecule has 0 aliphatic carbocycles. The average Bonchev–Trinajstić information content (AvgIpc) is 3.21. The fourth-order valence-corrected chi connectivity index (χ4v) is 6.36. The van der Waals surface area contributed by atoms with Crippen LogP contribution in [0, 0.1) is 12.3 Å². The van der Waals surface area contributed by atoms with E-state index in [1.165, 1.54) is 6.07 Å². The number of hydrogen-bond acceptors (Lipinski definition) is 9. The Labute approximate surface area is 273 Å². The zero-order valence-electron chi connectivity index (χ0n) is 27.4. The van der Waals surface area contributed by atoms with E-state index in [1.807, 2.05) is 26.0 Å². The molecule has 3 amide bonds. The summed E-state index contributed by atoms with van der Waals surface area (Å²) in [6, 6.07) is 14.6. The van der Waals surface area contributed by atoms with E-state index >= 15 is 0 Å². The highest BCUT2D eigenvalue weighted by molar-refractivity contribution is 7.90. The number of pyridine rings is 3. The summed E-state index contributed by atoms with van der Waals surface area (Å²) < 4.78 is 29.6. The maximum Gasteiger partial charge on any atom is 0.408 e. The molecule has 0 radical (unpaired) electrons. The maximum atomic E-state index is 13.5. The fourth-order valence-electron chi connectivity index (χ4n) is 5.37. The van der Waals surface area contributed by atoms with Crippen molar-refractivity contribution in [2.75, 3.05) is 17.7 Å². The average molecular weight is 659 g/mol. The molecule has 4 heterocycles. The van der Waals surface area contributed by atoms with Gasteiger partial charge < -0.3 is 15.4 Å². The van der Waals surface area contributed by atoms with Crippen molar-refractivity contribution < 1.29 is 27.5 Å². The van der Waals surface area contributed by atoms with E-state index in [9.17, 15) is 22.8 Å². The number of nitrogens with one attached hydrogen (secondary N) is 2. The van der Waals surface area contributed by atoms with Gasteiger partial charge in [0.2, 0.25) is 0 Å². The number of nitrogens with zero attached hydrogens (tertiary/aromatic N) is 4. The topological polar surface area (TPSA) is 161 Å². The van der Waals surface area contributed by atoms with E-state index in [2.05, 4.69) is 15.6 Å². The van der Waals surface area contributed by atoms with Crippen LogP contribution in [0.3, 0.4) is 0 Å². The largest absolute Gasteiger partial charge is 0.444 e. The molecule has 12 nitrogen and oxygen atoms in total. The Balaban J connectivity index is 1.33. The molecule has 1 saturated heterocycles. The summed E-state index contributed by atoms with van der Waals surface area (Å²) >= 11 is 0. The molecule has 1 fully saturated rings. The normalized spacial score (nSPS) is 16.3. The van der Waals surface area contributed by atoms with E-state index in [0.29, 0.717) is 40.5 Å². The Kier molecular flexibility index (Phi) is 8.80. The molecule has 5 rings (SSSR count). The first-order valence-electron chi connectivity index (χ1n) is 15.0. The number of rotatable bonds is 7. The van der Waals surface area contributed by atoms with Crippen LogP contribution in [0.25, 0.3) is 22.3 Å². The van der Waals surface area contributed by atoms with E-state index in [0.717, 1.165) is 11.6 Å². The Bertz CT molecular complexity index is 2000. The van der Waals surface area contributed by atoms with Gasteiger partial charge >= 0.3 is 6.09 Å². The second-order valence-corrected chi connectivity index (χ2v) is 15.4. The van der Waals surface area contributed by atoms with Crippen molar-refractivity contribution in [3.63, 3.8) is 0 Å². The summed E-state index contributed by atoms with van der Waals surface area (Å²) in [5.74, 6) is -0.278. The summed E-state index contributed by atoms with van der Waals surface area (Å²) in [5, 5.41) is 6.31. The minimum Gasteiger partial charge on any atom is -0.444 e. The SMILES string of the molecule is Cc1ccc(C(=O)NCc2cc3nc(-c4cccc(N5CC(C)(C)C(NC(=O)OC(C)(C)C)C5=O)n4)ccc3cn2)cc1S(C)(=O)=O. The van der Waals surface area contributed by atoms with Gasteiger partial charge in [-0.3, -0.25) is 19.5 Å². The number of carbonyl (C=O) groups is 3. The highest BCUT2D eigenvalue weighted by atomic mass is 32.2. The summed E-state index contributed by atoms with van der Waals surface area (Å²) in [4.78, 5) is 54.4. The van der Waals surface area contributed by atoms with Gasteiger partial charge in [0, 0.05) is 35.4 Å². The summed E-state index contributed by atoms with van der Waals surface area (Å²) in [5.41, 5.74) is 1.82. The molecule has 1 atom stereocenters. The van der Waals surface area contributed by atoms with Gasteiger partial charge in [-0.2, -0.15) is 0 Å². The minimum atomic E-state index is -3.48. The highest BCUT2D eigenvalue weighted by Gasteiger charge is 2.48. The van der Waals surface area contributed by atoms with Crippen LogP contribution in [-0.2, 0) is 25.9 Å². The summed E-state index contributed by atoms with van der Waals surface area (Å²) in [6.45, 7) is 11.2. The van der Waals surface area contributed by atoms with Crippen molar-refractivity contribution in [3.05, 3.63) is 77.6 Å². The van der Waals surface area contributed by atoms with Gasteiger partial charge in [-0.05, 0) is 75.7 Å². The Morgan fingerprint density at radius 1 is 1.04 bits per heavy atom. The quantitative estimate of drug-likeness (QED) is 0.289. The first kappa shape index (κ1) is 33.5. The lowest BCUT2D eigenvalue weighted by Crippen LogP contribution is -2.48. The Hall–Kier alpha value is -4.91. The number of fused-ring (bicyclic) bond motifs is 1. The number of aromatic nitrogens is 3. The molecule has 4 aromatic rings. The van der Waals surface area contributed by atoms with Crippen LogP contribution in [0.2, 0.25) is 0 Å². The second kappa shape index (κ2) is 12.4. The van der Waals surface area contributed by atoms with Gasteiger partial charge in [-0.1, -0.05) is 26.0 Å². The van der Waals surface area contributed by atoms with Gasteiger partial charge in [-0.15, -0.1) is 0 Å². The molecule has 0 spiro atoms. The molecule has 1 aliphatic rings. The molecule has 0 saturated carbocycles. The smallest absolute Gasteiger partial charge is 0.408 e. The number of aryl methyl sites for hydroxylation is 1. The number of carbonyl (C=O) groups excluding carboxylic acids is 3. The number of alkyl carbamates (subject to hydrolysis) is 1. The predicted octanol–water partition coefficient (Wildman–Crippen LogP) is 4.60. The van der Waals surface area contributed by atoms with Crippen LogP contribution in [0.5, 0.6) is 0 Å². The molecule has 1 unspecified atom stereocenters. The lowest BCUT2D eigenvalue weighted by atomic mass is 9.87. The van der Waals surface area contributed by atoms with Crippen LogP contribution in [-0.4, -0.2) is 65.7 Å². The lowest BCUT2D eigenvalue weighted by molar-refractivity contribution is -0.119. The zero-order chi connectivity index (χ0) is 34.3. The molecular formula is C34H38N6O6S. The van der Waals surface area contributed by atoms with Gasteiger partial charge in [0.1, 0.15) is 17.5 Å². The van der Waals surface area contributed by atoms with Crippen molar-refractivity contribution in [2.24, 2.45) is 5.41 Å². The van der Waals surface area contributed by atoms with Crippen LogP contribution in [0.4, 0.5) is 10.6 Å². The van der Waals surface area contributed by atoms with E-state index in [4.69, 9.17) is 14.7 Å². The highest BCUT2D eigenvalue weighted by Crippen LogP contribution is 2.34. The van der Waals surface area contributed by atoms with Crippen LogP contribution in [0.15, 0.2) is 65.7 Å². The van der Waals surface area contributed by atoms with Crippen molar-refractivity contribution in [2.45, 2.75) is 64.6 Å². The van der Waals surface area contributed by atoms with Crippen molar-refractivity contribution in [1.29, 1.82) is 0 Å². The molecule has 3 aromatic heterocycles. The molecule has 1 aromatic carbocycles. The van der Waals surface area contributed by atoms with E-state index < -0.39 is 38.9 Å². The molecule has 0 bridgehead atoms. The molecule has 13 heteroatoms. The monoisotopic (exact) mass is 658 g/mol. The van der Waals surface area contributed by atoms with Crippen molar-refractivity contribution in [1.82, 2.24) is 25.6 Å². The van der Waals surface area contributed by atoms with Gasteiger partial charge in [0.15, 0.2) is 9.84 Å². The molecule has 47 heavy (non-hydrogen) atoms. The van der Waals surface area contributed by atoms with Crippen molar-refractivity contribution in [3.8, 4) is 11.4 Å². The Morgan fingerprint density at radius 3 is 2.47 bits per heavy atom. The standard InChI is InChI=1S/C34H38N6O6S/c1-20-11-12-21(15-27(20)47(7,44)45)30(41)36-18-23-16-26-22(17-35-23)13-14-25(37-26)24-9-8-10-28(38-24)40-19-34(5,6)29(31(40)42)39-32(43)46-33(2,3)4/h8-17,29H,18-19H2,1-7H3,(H,36,41)(H,39,43). The van der Waals surface area contributed by atoms with Crippen LogP contribution < -0.4 is 15.5 Å². The first-order valence-corrected chi connectivity index (χ1v) is 16.9. The number of sulfone groups is 1. The molecule has 1 aliphatic heterocycles. The second-order valence-electron chi connectivity index (χ2n) is 13.4.